The van der Waals surface area contributed by atoms with Crippen molar-refractivity contribution in [3.8, 4) is 0 Å². The number of nitrogens with one attached hydrogen (secondary N) is 1. The minimum absolute atomic E-state index is 0.254. The van der Waals surface area contributed by atoms with Crippen LogP contribution in [0.15, 0.2) is 12.2 Å². The number of aliphatic hydroxyl groups excluding tert-OH is 4. The number of allylic oxidation sites excluding steroid dienone is 1. The fourth-order valence-electron chi connectivity index (χ4n) is 10.5. The molecular formula is C61H119NO11S. The first-order chi connectivity index (χ1) is 36.0. The summed E-state index contributed by atoms with van der Waals surface area (Å²) in [6.45, 7) is 3.46. The molecule has 74 heavy (non-hydrogen) atoms. The normalized spacial score (nSPS) is 19.1. The van der Waals surface area contributed by atoms with E-state index in [1.807, 2.05) is 6.08 Å². The van der Waals surface area contributed by atoms with Gasteiger partial charge in [-0.3, -0.25) is 9.35 Å². The van der Waals surface area contributed by atoms with Gasteiger partial charge in [0.25, 0.3) is 0 Å². The van der Waals surface area contributed by atoms with Crippen LogP contribution in [0.25, 0.3) is 0 Å². The van der Waals surface area contributed by atoms with E-state index in [-0.39, 0.29) is 18.9 Å². The van der Waals surface area contributed by atoms with Crippen molar-refractivity contribution in [3.05, 3.63) is 12.2 Å². The van der Waals surface area contributed by atoms with Gasteiger partial charge in [0.1, 0.15) is 24.4 Å². The molecule has 12 nitrogen and oxygen atoms in total. The molecule has 1 aliphatic heterocycles. The zero-order valence-electron chi connectivity index (χ0n) is 47.9. The Kier molecular flexibility index (Phi) is 49.1. The van der Waals surface area contributed by atoms with E-state index in [9.17, 15) is 38.2 Å². The maximum absolute atomic E-state index is 13.2. The van der Waals surface area contributed by atoms with E-state index in [4.69, 9.17) is 9.47 Å². The van der Waals surface area contributed by atoms with Gasteiger partial charge in [0.05, 0.1) is 25.4 Å². The molecule has 7 atom stereocenters. The maximum atomic E-state index is 13.2. The van der Waals surface area contributed by atoms with Gasteiger partial charge in [-0.05, 0) is 19.3 Å². The lowest BCUT2D eigenvalue weighted by Gasteiger charge is -2.41. The topological polar surface area (TPSA) is 192 Å². The van der Waals surface area contributed by atoms with E-state index in [2.05, 4.69) is 23.3 Å². The molecule has 0 aromatic rings. The molecule has 0 spiro atoms. The van der Waals surface area contributed by atoms with Crippen LogP contribution in [0.1, 0.15) is 316 Å². The van der Waals surface area contributed by atoms with Crippen molar-refractivity contribution in [1.82, 2.24) is 5.32 Å². The van der Waals surface area contributed by atoms with Crippen LogP contribution < -0.4 is 5.32 Å². The molecular weight excluding hydrogens is 955 g/mol. The minimum atomic E-state index is -5.09. The Morgan fingerprint density at radius 1 is 0.527 bits per heavy atom. The Balaban J connectivity index is 2.31. The molecule has 1 aliphatic rings. The number of carbonyl (C=O) groups is 1. The summed E-state index contributed by atoms with van der Waals surface area (Å²) in [5.41, 5.74) is 0. The number of aliphatic hydroxyl groups is 4. The third kappa shape index (κ3) is 42.8. The molecule has 13 heteroatoms. The summed E-state index contributed by atoms with van der Waals surface area (Å²) in [5, 5.41) is 45.1. The molecule has 6 N–H and O–H groups in total. The number of hydrogen-bond donors (Lipinski definition) is 6. The van der Waals surface area contributed by atoms with E-state index >= 15 is 0 Å². The van der Waals surface area contributed by atoms with Crippen LogP contribution in [0.4, 0.5) is 0 Å². The predicted molar refractivity (Wildman–Crippen MR) is 306 cm³/mol. The summed E-state index contributed by atoms with van der Waals surface area (Å²) in [6, 6.07) is -0.941. The summed E-state index contributed by atoms with van der Waals surface area (Å²) in [5.74, 6) is -0.254. The van der Waals surface area contributed by atoms with Crippen molar-refractivity contribution in [3.63, 3.8) is 0 Å². The Hall–Kier alpha value is -1.16. The van der Waals surface area contributed by atoms with Gasteiger partial charge in [0.2, 0.25) is 5.91 Å². The van der Waals surface area contributed by atoms with Crippen LogP contribution in [0.5, 0.6) is 0 Å². The molecule has 7 unspecified atom stereocenters. The Bertz CT molecular complexity index is 1350. The summed E-state index contributed by atoms with van der Waals surface area (Å²) >= 11 is 0. The van der Waals surface area contributed by atoms with Gasteiger partial charge in [-0.15, -0.1) is 0 Å². The third-order valence-electron chi connectivity index (χ3n) is 15.3. The van der Waals surface area contributed by atoms with Crippen LogP contribution >= 0.6 is 0 Å². The molecule has 440 valence electrons. The molecule has 0 radical (unpaired) electrons. The molecule has 0 bridgehead atoms. The number of carbonyl (C=O) groups excluding carboxylic acids is 1. The first kappa shape index (κ1) is 70.9. The van der Waals surface area contributed by atoms with Gasteiger partial charge in [-0.25, -0.2) is 4.18 Å². The summed E-state index contributed by atoms with van der Waals surface area (Å²) in [7, 11) is -5.09. The summed E-state index contributed by atoms with van der Waals surface area (Å²) in [6.07, 6.45) is 54.1. The van der Waals surface area contributed by atoms with Gasteiger partial charge in [0.15, 0.2) is 6.29 Å². The second-order valence-corrected chi connectivity index (χ2v) is 23.4. The average Bonchev–Trinajstić information content (AvgIpc) is 3.38. The lowest BCUT2D eigenvalue weighted by molar-refractivity contribution is -0.298. The van der Waals surface area contributed by atoms with Crippen molar-refractivity contribution in [2.75, 3.05) is 13.2 Å². The molecule has 0 saturated carbocycles. The Morgan fingerprint density at radius 3 is 1.18 bits per heavy atom. The fraction of sp³-hybridized carbons (Fsp3) is 0.951. The first-order valence-electron chi connectivity index (χ1n) is 31.6. The zero-order valence-corrected chi connectivity index (χ0v) is 48.8. The average molecular weight is 1070 g/mol. The number of hydrogen-bond acceptors (Lipinski definition) is 10. The van der Waals surface area contributed by atoms with Crippen molar-refractivity contribution >= 4 is 16.3 Å². The summed E-state index contributed by atoms with van der Waals surface area (Å²) < 4.78 is 47.9. The highest BCUT2D eigenvalue weighted by atomic mass is 32.3. The lowest BCUT2D eigenvalue weighted by Crippen LogP contribution is -2.61. The number of rotatable bonds is 56. The quantitative estimate of drug-likeness (QED) is 0.0193. The molecule has 1 rings (SSSR count). The monoisotopic (exact) mass is 1070 g/mol. The van der Waals surface area contributed by atoms with Gasteiger partial charge in [0, 0.05) is 6.42 Å². The van der Waals surface area contributed by atoms with E-state index in [1.165, 1.54) is 250 Å². The van der Waals surface area contributed by atoms with Crippen LogP contribution in [0.2, 0.25) is 0 Å². The maximum Gasteiger partial charge on any atom is 0.397 e. The molecule has 0 aromatic carbocycles. The van der Waals surface area contributed by atoms with Crippen molar-refractivity contribution in [1.29, 1.82) is 0 Å². The van der Waals surface area contributed by atoms with Crippen molar-refractivity contribution in [2.45, 2.75) is 358 Å². The van der Waals surface area contributed by atoms with Crippen LogP contribution in [-0.2, 0) is 28.9 Å². The molecule has 0 aliphatic carbocycles. The van der Waals surface area contributed by atoms with Gasteiger partial charge in [-0.2, -0.15) is 8.42 Å². The highest BCUT2D eigenvalue weighted by Crippen LogP contribution is 2.26. The van der Waals surface area contributed by atoms with Crippen molar-refractivity contribution in [2.24, 2.45) is 0 Å². The summed E-state index contributed by atoms with van der Waals surface area (Å²) in [4.78, 5) is 13.2. The number of unbranched alkanes of at least 4 members (excludes halogenated alkanes) is 44. The van der Waals surface area contributed by atoms with E-state index in [0.717, 1.165) is 38.5 Å². The number of ether oxygens (including phenoxy) is 2. The third-order valence-corrected chi connectivity index (χ3v) is 15.8. The minimum Gasteiger partial charge on any atom is -0.394 e. The molecule has 1 saturated heterocycles. The van der Waals surface area contributed by atoms with E-state index in [1.54, 1.807) is 6.08 Å². The predicted octanol–water partition coefficient (Wildman–Crippen LogP) is 15.4. The largest absolute Gasteiger partial charge is 0.397 e. The molecule has 1 heterocycles. The standard InChI is InChI=1S/C61H119NO11S/c1-3-5-7-9-11-13-15-17-19-21-23-25-27-28-29-31-33-35-37-39-41-43-45-47-49-51-57(65)62-54(53-71-61-59(67)60(73-74(68,69)70)58(66)56(52-63)72-61)55(64)50-48-46-44-42-40-38-36-34-32-30-26-24-22-20-18-16-14-12-10-8-6-4-2/h48,50,54-56,58-61,63-64,66-67H,3-47,49,51-53H2,1-2H3,(H,62,65)(H,68,69,70)/b50-48+. The van der Waals surface area contributed by atoms with E-state index in [0.29, 0.717) is 6.42 Å². The Labute approximate surface area is 455 Å². The smallest absolute Gasteiger partial charge is 0.394 e. The van der Waals surface area contributed by atoms with Gasteiger partial charge < -0.3 is 35.2 Å². The SMILES string of the molecule is CCCCCCCCCCCCCCCCCCCCCC/C=C/C(O)C(COC1OC(CO)C(O)C(OS(=O)(=O)O)C1O)NC(=O)CCCCCCCCCCCCCCCCCCCCCCCCCCC. The molecule has 0 aromatic heterocycles. The van der Waals surface area contributed by atoms with Crippen molar-refractivity contribution < 1.29 is 51.8 Å². The molecule has 1 amide bonds. The molecule has 1 fully saturated rings. The number of amides is 1. The van der Waals surface area contributed by atoms with E-state index < -0.39 is 59.9 Å². The van der Waals surface area contributed by atoms with Gasteiger partial charge in [-0.1, -0.05) is 302 Å². The first-order valence-corrected chi connectivity index (χ1v) is 32.9. The zero-order chi connectivity index (χ0) is 54.0. The fourth-order valence-corrected chi connectivity index (χ4v) is 11.0. The van der Waals surface area contributed by atoms with Crippen LogP contribution in [0, 0.1) is 0 Å². The second kappa shape index (κ2) is 51.3. The lowest BCUT2D eigenvalue weighted by atomic mass is 9.99. The second-order valence-electron chi connectivity index (χ2n) is 22.4. The Morgan fingerprint density at radius 2 is 0.851 bits per heavy atom. The van der Waals surface area contributed by atoms with Crippen LogP contribution in [-0.4, -0.2) is 95.4 Å². The highest BCUT2D eigenvalue weighted by molar-refractivity contribution is 7.80. The van der Waals surface area contributed by atoms with Crippen LogP contribution in [0.3, 0.4) is 0 Å². The highest BCUT2D eigenvalue weighted by Gasteiger charge is 2.48. The van der Waals surface area contributed by atoms with Gasteiger partial charge >= 0.3 is 10.4 Å².